The molecule has 1 heterocycles. The normalized spacial score (nSPS) is 12.8. The van der Waals surface area contributed by atoms with E-state index in [0.717, 1.165) is 45.4 Å². The summed E-state index contributed by atoms with van der Waals surface area (Å²) in [7, 11) is 1.71. The van der Waals surface area contributed by atoms with Gasteiger partial charge in [0.05, 0.1) is 18.8 Å². The monoisotopic (exact) mass is 297 g/mol. The van der Waals surface area contributed by atoms with Crippen molar-refractivity contribution in [1.82, 2.24) is 9.78 Å². The summed E-state index contributed by atoms with van der Waals surface area (Å²) >= 11 is 0. The van der Waals surface area contributed by atoms with Gasteiger partial charge in [0.25, 0.3) is 0 Å². The van der Waals surface area contributed by atoms with E-state index < -0.39 is 0 Å². The van der Waals surface area contributed by atoms with Gasteiger partial charge < -0.3 is 15.2 Å². The Bertz CT molecular complexity index is 402. The number of methoxy groups -OCH3 is 1. The van der Waals surface area contributed by atoms with Gasteiger partial charge in [-0.15, -0.1) is 0 Å². The zero-order valence-corrected chi connectivity index (χ0v) is 14.0. The second-order valence-corrected chi connectivity index (χ2v) is 5.44. The van der Waals surface area contributed by atoms with E-state index in [2.05, 4.69) is 25.5 Å². The molecule has 1 atom stereocenters. The Labute approximate surface area is 128 Å². The first kappa shape index (κ1) is 18.1. The number of aromatic nitrogens is 2. The summed E-state index contributed by atoms with van der Waals surface area (Å²) in [5.74, 6) is 0. The van der Waals surface area contributed by atoms with Crippen LogP contribution >= 0.6 is 0 Å². The molecule has 0 fully saturated rings. The third-order valence-electron chi connectivity index (χ3n) is 3.53. The minimum Gasteiger partial charge on any atom is -0.385 e. The van der Waals surface area contributed by atoms with E-state index in [-0.39, 0.29) is 6.04 Å². The number of hydrogen-bond acceptors (Lipinski definition) is 4. The van der Waals surface area contributed by atoms with Crippen molar-refractivity contribution in [3.8, 4) is 0 Å². The van der Waals surface area contributed by atoms with Gasteiger partial charge in [0.1, 0.15) is 0 Å². The highest BCUT2D eigenvalue weighted by molar-refractivity contribution is 5.27. The third-order valence-corrected chi connectivity index (χ3v) is 3.53. The molecule has 0 amide bonds. The quantitative estimate of drug-likeness (QED) is 0.634. The lowest BCUT2D eigenvalue weighted by atomic mass is 10.0. The lowest BCUT2D eigenvalue weighted by molar-refractivity contribution is 0.0956. The average molecular weight is 297 g/mol. The molecule has 0 aliphatic heterocycles. The predicted octanol–water partition coefficient (Wildman–Crippen LogP) is 1.95. The molecule has 1 unspecified atom stereocenters. The van der Waals surface area contributed by atoms with Gasteiger partial charge in [-0.25, -0.2) is 0 Å². The van der Waals surface area contributed by atoms with Crippen LogP contribution in [0.3, 0.4) is 0 Å². The van der Waals surface area contributed by atoms with Crippen LogP contribution < -0.4 is 5.73 Å². The van der Waals surface area contributed by atoms with Crippen LogP contribution in [0.15, 0.2) is 0 Å². The van der Waals surface area contributed by atoms with Gasteiger partial charge in [-0.2, -0.15) is 5.10 Å². The van der Waals surface area contributed by atoms with Crippen molar-refractivity contribution in [2.45, 2.75) is 59.0 Å². The molecule has 21 heavy (non-hydrogen) atoms. The lowest BCUT2D eigenvalue weighted by Crippen LogP contribution is -2.19. The molecule has 1 rings (SSSR count). The summed E-state index contributed by atoms with van der Waals surface area (Å²) in [6, 6.07) is 0.170. The van der Waals surface area contributed by atoms with Crippen molar-refractivity contribution in [3.05, 3.63) is 17.0 Å². The first-order valence-corrected chi connectivity index (χ1v) is 8.03. The van der Waals surface area contributed by atoms with E-state index in [1.54, 1.807) is 7.11 Å². The van der Waals surface area contributed by atoms with E-state index in [1.165, 1.54) is 17.0 Å². The molecule has 0 spiro atoms. The summed E-state index contributed by atoms with van der Waals surface area (Å²) in [6.45, 7) is 9.37. The zero-order chi connectivity index (χ0) is 15.7. The minimum absolute atomic E-state index is 0.170. The highest BCUT2D eigenvalue weighted by Gasteiger charge is 2.16. The number of ether oxygens (including phenoxy) is 2. The fourth-order valence-corrected chi connectivity index (χ4v) is 2.57. The zero-order valence-electron chi connectivity index (χ0n) is 14.0. The smallest absolute Gasteiger partial charge is 0.0662 e. The number of rotatable bonds is 11. The Kier molecular flexibility index (Phi) is 8.57. The van der Waals surface area contributed by atoms with Crippen molar-refractivity contribution in [2.75, 3.05) is 26.9 Å². The Hall–Kier alpha value is -0.910. The molecular formula is C16H31N3O2. The summed E-state index contributed by atoms with van der Waals surface area (Å²) in [5.41, 5.74) is 9.81. The predicted molar refractivity (Wildman–Crippen MR) is 85.6 cm³/mol. The molecule has 1 aromatic rings. The van der Waals surface area contributed by atoms with Crippen molar-refractivity contribution in [1.29, 1.82) is 0 Å². The number of aryl methyl sites for hydroxylation is 1. The standard InChI is InChI=1S/C16H31N3O2/c1-5-15-14(12-13(3)17)16(6-2)19(18-15)8-11-21-10-7-9-20-4/h13H,5-12,17H2,1-4H3. The highest BCUT2D eigenvalue weighted by atomic mass is 16.5. The molecule has 2 N–H and O–H groups in total. The van der Waals surface area contributed by atoms with E-state index in [1.807, 2.05) is 0 Å². The molecule has 0 radical (unpaired) electrons. The van der Waals surface area contributed by atoms with Crippen LogP contribution in [-0.4, -0.2) is 42.8 Å². The van der Waals surface area contributed by atoms with Gasteiger partial charge >= 0.3 is 0 Å². The maximum Gasteiger partial charge on any atom is 0.0662 e. The Morgan fingerprint density at radius 2 is 1.95 bits per heavy atom. The largest absolute Gasteiger partial charge is 0.385 e. The number of nitrogens with zero attached hydrogens (tertiary/aromatic N) is 2. The molecule has 1 aromatic heterocycles. The molecule has 0 bridgehead atoms. The summed E-state index contributed by atoms with van der Waals surface area (Å²) in [4.78, 5) is 0. The van der Waals surface area contributed by atoms with Crippen molar-refractivity contribution in [2.24, 2.45) is 5.73 Å². The Morgan fingerprint density at radius 1 is 1.19 bits per heavy atom. The van der Waals surface area contributed by atoms with E-state index in [0.29, 0.717) is 6.61 Å². The number of hydrogen-bond donors (Lipinski definition) is 1. The van der Waals surface area contributed by atoms with Crippen molar-refractivity contribution < 1.29 is 9.47 Å². The SMILES string of the molecule is CCc1nn(CCOCCCOC)c(CC)c1CC(C)N. The second-order valence-electron chi connectivity index (χ2n) is 5.44. The molecular weight excluding hydrogens is 266 g/mol. The molecule has 0 saturated carbocycles. The molecule has 0 saturated heterocycles. The maximum absolute atomic E-state index is 5.98. The van der Waals surface area contributed by atoms with Crippen LogP contribution in [-0.2, 0) is 35.3 Å². The van der Waals surface area contributed by atoms with E-state index in [4.69, 9.17) is 20.3 Å². The summed E-state index contributed by atoms with van der Waals surface area (Å²) in [5, 5.41) is 4.74. The van der Waals surface area contributed by atoms with Crippen LogP contribution in [0, 0.1) is 0 Å². The summed E-state index contributed by atoms with van der Waals surface area (Å²) < 4.78 is 12.7. The van der Waals surface area contributed by atoms with E-state index in [9.17, 15) is 0 Å². The lowest BCUT2D eigenvalue weighted by Gasteiger charge is -2.10. The van der Waals surface area contributed by atoms with Gasteiger partial charge in [-0.1, -0.05) is 13.8 Å². The molecule has 0 aromatic carbocycles. The van der Waals surface area contributed by atoms with Gasteiger partial charge in [0.15, 0.2) is 0 Å². The van der Waals surface area contributed by atoms with Crippen LogP contribution in [0.2, 0.25) is 0 Å². The van der Waals surface area contributed by atoms with Gasteiger partial charge in [0, 0.05) is 32.1 Å². The first-order chi connectivity index (χ1) is 10.1. The van der Waals surface area contributed by atoms with Crippen molar-refractivity contribution in [3.63, 3.8) is 0 Å². The van der Waals surface area contributed by atoms with Crippen molar-refractivity contribution >= 4 is 0 Å². The topological polar surface area (TPSA) is 62.3 Å². The first-order valence-electron chi connectivity index (χ1n) is 8.03. The van der Waals surface area contributed by atoms with Gasteiger partial charge in [0.2, 0.25) is 0 Å². The number of nitrogens with two attached hydrogens (primary N) is 1. The van der Waals surface area contributed by atoms with Crippen LogP contribution in [0.4, 0.5) is 0 Å². The Balaban J connectivity index is 2.62. The van der Waals surface area contributed by atoms with Crippen LogP contribution in [0.25, 0.3) is 0 Å². The Morgan fingerprint density at radius 3 is 2.52 bits per heavy atom. The van der Waals surface area contributed by atoms with Crippen LogP contribution in [0.1, 0.15) is 44.1 Å². The van der Waals surface area contributed by atoms with Gasteiger partial charge in [-0.05, 0) is 38.2 Å². The molecule has 0 aliphatic rings. The highest BCUT2D eigenvalue weighted by Crippen LogP contribution is 2.18. The van der Waals surface area contributed by atoms with Crippen LogP contribution in [0.5, 0.6) is 0 Å². The van der Waals surface area contributed by atoms with Gasteiger partial charge in [-0.3, -0.25) is 4.68 Å². The van der Waals surface area contributed by atoms with E-state index >= 15 is 0 Å². The molecule has 122 valence electrons. The molecule has 5 heteroatoms. The molecule has 0 aliphatic carbocycles. The average Bonchev–Trinajstić information content (AvgIpc) is 2.78. The fourth-order valence-electron chi connectivity index (χ4n) is 2.57. The molecule has 5 nitrogen and oxygen atoms in total. The minimum atomic E-state index is 0.170. The maximum atomic E-state index is 5.98. The summed E-state index contributed by atoms with van der Waals surface area (Å²) in [6.07, 6.45) is 3.78. The third kappa shape index (κ3) is 5.77. The second kappa shape index (κ2) is 9.92. The fraction of sp³-hybridized carbons (Fsp3) is 0.812.